The van der Waals surface area contributed by atoms with Crippen molar-refractivity contribution in [3.8, 4) is 0 Å². The Balaban J connectivity index is 2.22. The second-order valence-electron chi connectivity index (χ2n) is 4.68. The molecule has 0 saturated heterocycles. The lowest BCUT2D eigenvalue weighted by Gasteiger charge is -2.07. The van der Waals surface area contributed by atoms with Crippen molar-refractivity contribution in [2.45, 2.75) is 26.6 Å². The Morgan fingerprint density at radius 3 is 2.65 bits per heavy atom. The molecule has 2 rings (SSSR count). The molecule has 106 valence electrons. The maximum Gasteiger partial charge on any atom is 0.454 e. The van der Waals surface area contributed by atoms with Crippen LogP contribution in [0.1, 0.15) is 27.0 Å². The third-order valence-electron chi connectivity index (χ3n) is 2.99. The summed E-state index contributed by atoms with van der Waals surface area (Å²) in [5.41, 5.74) is 2.60. The molecule has 1 aromatic carbocycles. The minimum Gasteiger partial charge on any atom is -0.284 e. The molecule has 0 radical (unpaired) electrons. The van der Waals surface area contributed by atoms with Gasteiger partial charge < -0.3 is 0 Å². The first-order chi connectivity index (χ1) is 9.27. The molecule has 0 fully saturated rings. The molecule has 0 unspecified atom stereocenters. The topological polar surface area (TPSA) is 34.9 Å². The van der Waals surface area contributed by atoms with E-state index in [9.17, 15) is 18.0 Å². The SMILES string of the molecule is Cc1ccc(C)c(Cn2cc(C(=O)C(F)(F)F)cn2)c1. The Bertz CT molecular complexity index is 644. The van der Waals surface area contributed by atoms with Gasteiger partial charge in [0.2, 0.25) is 0 Å². The van der Waals surface area contributed by atoms with Gasteiger partial charge in [0.1, 0.15) is 0 Å². The average molecular weight is 282 g/mol. The standard InChI is InChI=1S/C14H13F3N2O/c1-9-3-4-10(2)11(5-9)7-19-8-12(6-18-19)13(20)14(15,16)17/h3-6,8H,7H2,1-2H3. The van der Waals surface area contributed by atoms with E-state index >= 15 is 0 Å². The first-order valence-corrected chi connectivity index (χ1v) is 5.97. The largest absolute Gasteiger partial charge is 0.454 e. The lowest BCUT2D eigenvalue weighted by atomic mass is 10.1. The van der Waals surface area contributed by atoms with Gasteiger partial charge in [-0.15, -0.1) is 0 Å². The van der Waals surface area contributed by atoms with E-state index in [2.05, 4.69) is 5.10 Å². The van der Waals surface area contributed by atoms with Crippen LogP contribution < -0.4 is 0 Å². The number of carbonyl (C=O) groups excluding carboxylic acids is 1. The molecule has 0 bridgehead atoms. The summed E-state index contributed by atoms with van der Waals surface area (Å²) in [6.45, 7) is 4.18. The van der Waals surface area contributed by atoms with Crippen molar-refractivity contribution in [2.24, 2.45) is 0 Å². The quantitative estimate of drug-likeness (QED) is 0.810. The van der Waals surface area contributed by atoms with E-state index in [4.69, 9.17) is 0 Å². The number of nitrogens with zero attached hydrogens (tertiary/aromatic N) is 2. The van der Waals surface area contributed by atoms with Crippen LogP contribution in [0, 0.1) is 13.8 Å². The highest BCUT2D eigenvalue weighted by Crippen LogP contribution is 2.21. The van der Waals surface area contributed by atoms with Crippen molar-refractivity contribution >= 4 is 5.78 Å². The number of alkyl halides is 3. The van der Waals surface area contributed by atoms with Crippen molar-refractivity contribution in [1.82, 2.24) is 9.78 Å². The summed E-state index contributed by atoms with van der Waals surface area (Å²) in [7, 11) is 0. The first-order valence-electron chi connectivity index (χ1n) is 5.97. The number of rotatable bonds is 3. The van der Waals surface area contributed by atoms with Crippen molar-refractivity contribution in [1.29, 1.82) is 0 Å². The monoisotopic (exact) mass is 282 g/mol. The summed E-state index contributed by atoms with van der Waals surface area (Å²) < 4.78 is 38.2. The number of halogens is 3. The van der Waals surface area contributed by atoms with E-state index in [0.29, 0.717) is 6.54 Å². The highest BCUT2D eigenvalue weighted by Gasteiger charge is 2.39. The highest BCUT2D eigenvalue weighted by molar-refractivity contribution is 5.99. The number of hydrogen-bond acceptors (Lipinski definition) is 2. The molecule has 2 aromatic rings. The van der Waals surface area contributed by atoms with Crippen LogP contribution in [0.4, 0.5) is 13.2 Å². The van der Waals surface area contributed by atoms with E-state index in [-0.39, 0.29) is 0 Å². The van der Waals surface area contributed by atoms with Crippen molar-refractivity contribution < 1.29 is 18.0 Å². The number of ketones is 1. The maximum atomic E-state index is 12.3. The second kappa shape index (κ2) is 5.11. The zero-order valence-electron chi connectivity index (χ0n) is 11.0. The van der Waals surface area contributed by atoms with Gasteiger partial charge in [0, 0.05) is 6.20 Å². The highest BCUT2D eigenvalue weighted by atomic mass is 19.4. The zero-order valence-corrected chi connectivity index (χ0v) is 11.0. The van der Waals surface area contributed by atoms with Gasteiger partial charge in [-0.05, 0) is 25.0 Å². The predicted octanol–water partition coefficient (Wildman–Crippen LogP) is 3.29. The number of aryl methyl sites for hydroxylation is 2. The summed E-state index contributed by atoms with van der Waals surface area (Å²) in [5.74, 6) is -1.87. The fraction of sp³-hybridized carbons (Fsp3) is 0.286. The molecule has 1 aromatic heterocycles. The third kappa shape index (κ3) is 3.07. The molecule has 0 amide bonds. The van der Waals surface area contributed by atoms with Crippen molar-refractivity contribution in [3.63, 3.8) is 0 Å². The summed E-state index contributed by atoms with van der Waals surface area (Å²) in [6, 6.07) is 5.85. The fourth-order valence-corrected chi connectivity index (χ4v) is 1.88. The maximum absolute atomic E-state index is 12.3. The van der Waals surface area contributed by atoms with Crippen LogP contribution in [0.25, 0.3) is 0 Å². The van der Waals surface area contributed by atoms with Crippen LogP contribution in [0.2, 0.25) is 0 Å². The Hall–Kier alpha value is -2.11. The van der Waals surface area contributed by atoms with E-state index < -0.39 is 17.5 Å². The van der Waals surface area contributed by atoms with Crippen LogP contribution in [0.3, 0.4) is 0 Å². The minimum atomic E-state index is -4.87. The Labute approximate surface area is 114 Å². The summed E-state index contributed by atoms with van der Waals surface area (Å²) >= 11 is 0. The van der Waals surface area contributed by atoms with Crippen LogP contribution in [0.5, 0.6) is 0 Å². The van der Waals surface area contributed by atoms with Crippen LogP contribution in [-0.4, -0.2) is 21.7 Å². The number of hydrogen-bond donors (Lipinski definition) is 0. The van der Waals surface area contributed by atoms with Gasteiger partial charge in [0.05, 0.1) is 18.3 Å². The van der Waals surface area contributed by atoms with E-state index in [1.165, 1.54) is 4.68 Å². The molecule has 20 heavy (non-hydrogen) atoms. The number of benzene rings is 1. The number of carbonyl (C=O) groups is 1. The molecule has 0 atom stereocenters. The molecule has 0 N–H and O–H groups in total. The van der Waals surface area contributed by atoms with E-state index in [1.807, 2.05) is 32.0 Å². The fourth-order valence-electron chi connectivity index (χ4n) is 1.88. The molecule has 0 aliphatic heterocycles. The van der Waals surface area contributed by atoms with E-state index in [1.54, 1.807) is 0 Å². The van der Waals surface area contributed by atoms with Gasteiger partial charge in [0.15, 0.2) is 0 Å². The minimum absolute atomic E-state index is 0.332. The molecule has 1 heterocycles. The molecule has 0 aliphatic carbocycles. The Kier molecular flexibility index (Phi) is 3.65. The lowest BCUT2D eigenvalue weighted by molar-refractivity contribution is -0.0885. The lowest BCUT2D eigenvalue weighted by Crippen LogP contribution is -2.22. The van der Waals surface area contributed by atoms with Gasteiger partial charge in [-0.1, -0.05) is 23.8 Å². The summed E-state index contributed by atoms with van der Waals surface area (Å²) in [5, 5.41) is 3.81. The van der Waals surface area contributed by atoms with Gasteiger partial charge in [0.25, 0.3) is 5.78 Å². The second-order valence-corrected chi connectivity index (χ2v) is 4.68. The normalized spacial score (nSPS) is 11.7. The van der Waals surface area contributed by atoms with Crippen LogP contribution in [0.15, 0.2) is 30.6 Å². The number of Topliss-reactive ketones (excluding diaryl/α,β-unsaturated/α-hetero) is 1. The smallest absolute Gasteiger partial charge is 0.284 e. The van der Waals surface area contributed by atoms with Gasteiger partial charge in [-0.3, -0.25) is 9.48 Å². The molecule has 6 heteroatoms. The van der Waals surface area contributed by atoms with Gasteiger partial charge in [-0.2, -0.15) is 18.3 Å². The predicted molar refractivity (Wildman–Crippen MR) is 67.6 cm³/mol. The molecule has 0 saturated carbocycles. The zero-order chi connectivity index (χ0) is 14.9. The Morgan fingerprint density at radius 1 is 1.30 bits per heavy atom. The Morgan fingerprint density at radius 2 is 2.00 bits per heavy atom. The van der Waals surface area contributed by atoms with Crippen molar-refractivity contribution in [2.75, 3.05) is 0 Å². The molecular weight excluding hydrogens is 269 g/mol. The van der Waals surface area contributed by atoms with E-state index in [0.717, 1.165) is 29.1 Å². The molecule has 0 aliphatic rings. The molecular formula is C14H13F3N2O. The van der Waals surface area contributed by atoms with Gasteiger partial charge >= 0.3 is 6.18 Å². The number of aromatic nitrogens is 2. The van der Waals surface area contributed by atoms with Crippen molar-refractivity contribution in [3.05, 3.63) is 52.8 Å². The molecule has 3 nitrogen and oxygen atoms in total. The average Bonchev–Trinajstić information content (AvgIpc) is 2.80. The van der Waals surface area contributed by atoms with Crippen LogP contribution >= 0.6 is 0 Å². The third-order valence-corrected chi connectivity index (χ3v) is 2.99. The molecule has 0 spiro atoms. The van der Waals surface area contributed by atoms with Gasteiger partial charge in [-0.25, -0.2) is 0 Å². The summed E-state index contributed by atoms with van der Waals surface area (Å²) in [4.78, 5) is 11.1. The first kappa shape index (κ1) is 14.3. The van der Waals surface area contributed by atoms with Crippen LogP contribution in [-0.2, 0) is 6.54 Å². The summed E-state index contributed by atoms with van der Waals surface area (Å²) in [6.07, 6.45) is -2.80.